The van der Waals surface area contributed by atoms with Gasteiger partial charge in [0.25, 0.3) is 0 Å². The van der Waals surface area contributed by atoms with Crippen molar-refractivity contribution < 1.29 is 9.84 Å². The van der Waals surface area contributed by atoms with Crippen molar-refractivity contribution in [3.05, 3.63) is 23.9 Å². The van der Waals surface area contributed by atoms with Crippen molar-refractivity contribution in [1.82, 2.24) is 14.8 Å². The number of pyridine rings is 1. The Bertz CT molecular complexity index is 457. The fourth-order valence-corrected chi connectivity index (χ4v) is 3.09. The van der Waals surface area contributed by atoms with Crippen molar-refractivity contribution in [3.63, 3.8) is 0 Å². The summed E-state index contributed by atoms with van der Waals surface area (Å²) < 4.78 is 5.43. The highest BCUT2D eigenvalue weighted by molar-refractivity contribution is 5.46. The highest BCUT2D eigenvalue weighted by atomic mass is 16.5. The Balaban J connectivity index is 1.60. The van der Waals surface area contributed by atoms with Crippen LogP contribution in [0.25, 0.3) is 0 Å². The number of anilines is 1. The first-order chi connectivity index (χ1) is 10.9. The molecule has 0 saturated carbocycles. The van der Waals surface area contributed by atoms with Gasteiger partial charge in [-0.2, -0.15) is 0 Å². The highest BCUT2D eigenvalue weighted by Gasteiger charge is 2.20. The molecule has 3 rings (SSSR count). The molecule has 0 bridgehead atoms. The predicted octanol–water partition coefficient (Wildman–Crippen LogP) is -0.172. The minimum absolute atomic E-state index is 0.248. The molecule has 2 saturated heterocycles. The molecule has 1 radical (unpaired) electrons. The summed E-state index contributed by atoms with van der Waals surface area (Å²) in [5, 5.41) is 9.02. The van der Waals surface area contributed by atoms with Crippen LogP contribution in [0.2, 0.25) is 0 Å². The van der Waals surface area contributed by atoms with Crippen molar-refractivity contribution in [1.29, 1.82) is 0 Å². The van der Waals surface area contributed by atoms with E-state index in [1.54, 1.807) is 0 Å². The monoisotopic (exact) mass is 305 g/mol. The number of morpholine rings is 1. The molecular weight excluding hydrogens is 280 g/mol. The van der Waals surface area contributed by atoms with Gasteiger partial charge in [0.1, 0.15) is 5.82 Å². The van der Waals surface area contributed by atoms with Crippen LogP contribution in [0, 0.1) is 6.07 Å². The average Bonchev–Trinajstić information content (AvgIpc) is 2.58. The zero-order valence-corrected chi connectivity index (χ0v) is 13.1. The Kier molecular flexibility index (Phi) is 5.61. The lowest BCUT2D eigenvalue weighted by Crippen LogP contribution is -2.47. The number of hydrogen-bond acceptors (Lipinski definition) is 6. The van der Waals surface area contributed by atoms with Crippen LogP contribution in [0.1, 0.15) is 5.56 Å². The fraction of sp³-hybridized carbons (Fsp3) is 0.688. The van der Waals surface area contributed by atoms with Crippen LogP contribution < -0.4 is 4.90 Å². The van der Waals surface area contributed by atoms with Crippen molar-refractivity contribution in [2.24, 2.45) is 0 Å². The predicted molar refractivity (Wildman–Crippen MR) is 84.9 cm³/mol. The number of aliphatic hydroxyl groups excluding tert-OH is 1. The summed E-state index contributed by atoms with van der Waals surface area (Å²) in [7, 11) is 0. The number of aliphatic hydroxyl groups is 1. The molecule has 0 atom stereocenters. The maximum atomic E-state index is 9.02. The summed E-state index contributed by atoms with van der Waals surface area (Å²) in [6.45, 7) is 9.39. The van der Waals surface area contributed by atoms with Crippen LogP contribution in [0.15, 0.2) is 12.3 Å². The molecule has 2 aliphatic rings. The van der Waals surface area contributed by atoms with Crippen LogP contribution >= 0.6 is 0 Å². The number of β-amino-alcohol motifs (C(OH)–C–C–N with tert-alkyl or cyclic N) is 1. The van der Waals surface area contributed by atoms with Crippen molar-refractivity contribution in [3.8, 4) is 0 Å². The summed E-state index contributed by atoms with van der Waals surface area (Å²) in [6, 6.07) is 5.28. The maximum absolute atomic E-state index is 9.02. The van der Waals surface area contributed by atoms with E-state index in [4.69, 9.17) is 9.84 Å². The number of hydrogen-bond donors (Lipinski definition) is 1. The lowest BCUT2D eigenvalue weighted by molar-refractivity contribution is 0.108. The maximum Gasteiger partial charge on any atom is 0.133 e. The second kappa shape index (κ2) is 7.87. The number of nitrogens with zero attached hydrogens (tertiary/aromatic N) is 4. The molecule has 6 heteroatoms. The quantitative estimate of drug-likeness (QED) is 0.815. The third kappa shape index (κ3) is 3.95. The van der Waals surface area contributed by atoms with Gasteiger partial charge in [-0.3, -0.25) is 9.80 Å². The molecule has 0 aromatic carbocycles. The van der Waals surface area contributed by atoms with Gasteiger partial charge in [0.05, 0.1) is 19.8 Å². The summed E-state index contributed by atoms with van der Waals surface area (Å²) in [6.07, 6.45) is 1.83. The van der Waals surface area contributed by atoms with Gasteiger partial charge < -0.3 is 14.7 Å². The lowest BCUT2D eigenvalue weighted by atomic mass is 10.2. The lowest BCUT2D eigenvalue weighted by Gasteiger charge is -2.35. The van der Waals surface area contributed by atoms with Crippen LogP contribution in [0.3, 0.4) is 0 Å². The van der Waals surface area contributed by atoms with Gasteiger partial charge in [-0.25, -0.2) is 4.98 Å². The summed E-state index contributed by atoms with van der Waals surface area (Å²) in [4.78, 5) is 11.6. The molecule has 3 heterocycles. The molecule has 0 aliphatic carbocycles. The molecule has 0 spiro atoms. The zero-order chi connectivity index (χ0) is 15.2. The molecule has 0 amide bonds. The largest absolute Gasteiger partial charge is 0.395 e. The number of rotatable bonds is 5. The van der Waals surface area contributed by atoms with E-state index in [0.717, 1.165) is 71.4 Å². The molecule has 1 aromatic heterocycles. The average molecular weight is 305 g/mol. The third-order valence-corrected chi connectivity index (χ3v) is 4.37. The minimum Gasteiger partial charge on any atom is -0.395 e. The van der Waals surface area contributed by atoms with Crippen LogP contribution in [0.4, 0.5) is 5.82 Å². The molecule has 0 unspecified atom stereocenters. The molecule has 1 aromatic rings. The number of ether oxygens (including phenoxy) is 1. The van der Waals surface area contributed by atoms with Gasteiger partial charge in [0.2, 0.25) is 0 Å². The molecular formula is C16H25N4O2. The SMILES string of the molecule is OCCN1CCN(Cc2[c]ccnc2N2CCOCC2)CC1. The third-order valence-electron chi connectivity index (χ3n) is 4.37. The topological polar surface area (TPSA) is 52.1 Å². The second-order valence-electron chi connectivity index (χ2n) is 5.83. The van der Waals surface area contributed by atoms with E-state index in [1.807, 2.05) is 12.3 Å². The molecule has 121 valence electrons. The van der Waals surface area contributed by atoms with Gasteiger partial charge in [-0.15, -0.1) is 0 Å². The van der Waals surface area contributed by atoms with Gasteiger partial charge in [0.15, 0.2) is 0 Å². The van der Waals surface area contributed by atoms with E-state index < -0.39 is 0 Å². The summed E-state index contributed by atoms with van der Waals surface area (Å²) in [5.74, 6) is 1.06. The van der Waals surface area contributed by atoms with E-state index in [2.05, 4.69) is 25.8 Å². The van der Waals surface area contributed by atoms with Crippen LogP contribution in [-0.2, 0) is 11.3 Å². The van der Waals surface area contributed by atoms with Crippen molar-refractivity contribution in [2.75, 3.05) is 70.5 Å². The smallest absolute Gasteiger partial charge is 0.133 e. The van der Waals surface area contributed by atoms with Crippen LogP contribution in [-0.4, -0.2) is 85.5 Å². The normalized spacial score (nSPS) is 21.2. The first-order valence-electron chi connectivity index (χ1n) is 8.10. The molecule has 1 N–H and O–H groups in total. The Morgan fingerprint density at radius 2 is 1.82 bits per heavy atom. The molecule has 22 heavy (non-hydrogen) atoms. The van der Waals surface area contributed by atoms with Gasteiger partial charge >= 0.3 is 0 Å². The van der Waals surface area contributed by atoms with Gasteiger partial charge in [-0.1, -0.05) is 0 Å². The first-order valence-corrected chi connectivity index (χ1v) is 8.10. The zero-order valence-electron chi connectivity index (χ0n) is 13.1. The number of aromatic nitrogens is 1. The summed E-state index contributed by atoms with van der Waals surface area (Å²) in [5.41, 5.74) is 1.18. The van der Waals surface area contributed by atoms with Gasteiger partial charge in [0, 0.05) is 64.1 Å². The van der Waals surface area contributed by atoms with E-state index in [-0.39, 0.29) is 6.61 Å². The Morgan fingerprint density at radius 1 is 1.09 bits per heavy atom. The summed E-state index contributed by atoms with van der Waals surface area (Å²) >= 11 is 0. The first kappa shape index (κ1) is 15.7. The Hall–Kier alpha value is -1.21. The molecule has 2 aliphatic heterocycles. The van der Waals surface area contributed by atoms with Crippen LogP contribution in [0.5, 0.6) is 0 Å². The van der Waals surface area contributed by atoms with Crippen molar-refractivity contribution in [2.45, 2.75) is 6.54 Å². The van der Waals surface area contributed by atoms with E-state index in [1.165, 1.54) is 5.56 Å². The minimum atomic E-state index is 0.248. The fourth-order valence-electron chi connectivity index (χ4n) is 3.09. The van der Waals surface area contributed by atoms with Gasteiger partial charge in [-0.05, 0) is 12.1 Å². The standard InChI is InChI=1S/C16H25N4O2/c21-11-8-18-4-6-19(7-5-18)14-15-2-1-3-17-16(15)20-9-12-22-13-10-20/h1,3,21H,4-14H2. The molecule has 2 fully saturated rings. The highest BCUT2D eigenvalue weighted by Crippen LogP contribution is 2.20. The Labute approximate surface area is 132 Å². The Morgan fingerprint density at radius 3 is 2.55 bits per heavy atom. The van der Waals surface area contributed by atoms with Crippen molar-refractivity contribution >= 4 is 5.82 Å². The van der Waals surface area contributed by atoms with E-state index in [0.29, 0.717) is 0 Å². The molecule has 6 nitrogen and oxygen atoms in total. The van der Waals surface area contributed by atoms with E-state index in [9.17, 15) is 0 Å². The number of piperazine rings is 1. The second-order valence-corrected chi connectivity index (χ2v) is 5.83. The van der Waals surface area contributed by atoms with E-state index >= 15 is 0 Å².